The van der Waals surface area contributed by atoms with Gasteiger partial charge in [-0.25, -0.2) is 4.79 Å². The number of unbranched alkanes of at least 4 members (excludes halogenated alkanes) is 1. The molecule has 0 spiro atoms. The van der Waals surface area contributed by atoms with Gasteiger partial charge in [0, 0.05) is 32.6 Å². The van der Waals surface area contributed by atoms with Crippen LogP contribution in [0.1, 0.15) is 38.5 Å². The molecule has 2 saturated heterocycles. The number of primary amides is 1. The van der Waals surface area contributed by atoms with Crippen LogP contribution in [0.2, 0.25) is 0 Å². The molecule has 2 rings (SSSR count). The normalized spacial score (nSPS) is 22.5. The maximum atomic E-state index is 12.3. The van der Waals surface area contributed by atoms with Crippen LogP contribution in [0.25, 0.3) is 0 Å². The van der Waals surface area contributed by atoms with E-state index in [1.807, 2.05) is 4.90 Å². The fraction of sp³-hybridized carbons (Fsp3) is 0.800. The second-order valence-corrected chi connectivity index (χ2v) is 6.26. The Hall–Kier alpha value is -1.79. The minimum atomic E-state index is -0.466. The highest BCUT2D eigenvalue weighted by Gasteiger charge is 2.32. The molecule has 1 unspecified atom stereocenters. The fourth-order valence-electron chi connectivity index (χ4n) is 3.25. The molecule has 1 atom stereocenters. The second-order valence-electron chi connectivity index (χ2n) is 6.26. The second kappa shape index (κ2) is 8.00. The van der Waals surface area contributed by atoms with Gasteiger partial charge in [0.25, 0.3) is 0 Å². The molecule has 4 amide bonds. The van der Waals surface area contributed by atoms with Crippen molar-refractivity contribution in [1.82, 2.24) is 15.5 Å². The third kappa shape index (κ3) is 4.89. The Kier molecular flexibility index (Phi) is 6.03. The summed E-state index contributed by atoms with van der Waals surface area (Å²) in [4.78, 5) is 35.9. The van der Waals surface area contributed by atoms with E-state index in [9.17, 15) is 14.4 Å². The molecule has 0 saturated carbocycles. The lowest BCUT2D eigenvalue weighted by Gasteiger charge is -2.33. The lowest BCUT2D eigenvalue weighted by molar-refractivity contribution is -0.137. The highest BCUT2D eigenvalue weighted by molar-refractivity contribution is 5.89. The number of carbonyl (C=O) groups excluding carboxylic acids is 3. The third-order valence-corrected chi connectivity index (χ3v) is 4.59. The standard InChI is InChI=1S/C15H26N4O3/c16-15(22)17-6-2-1-3-11-4-7-19(8-5-11)14(21)12-9-13(20)18-10-12/h11-12H,1-10H2,(H,18,20)(H3,16,17,22). The molecule has 22 heavy (non-hydrogen) atoms. The number of rotatable bonds is 6. The number of hydrogen-bond donors (Lipinski definition) is 3. The van der Waals surface area contributed by atoms with E-state index in [4.69, 9.17) is 5.73 Å². The summed E-state index contributed by atoms with van der Waals surface area (Å²) in [7, 11) is 0. The van der Waals surface area contributed by atoms with Crippen LogP contribution in [0.5, 0.6) is 0 Å². The summed E-state index contributed by atoms with van der Waals surface area (Å²) in [6.45, 7) is 2.72. The van der Waals surface area contributed by atoms with Gasteiger partial charge in [-0.3, -0.25) is 9.59 Å². The van der Waals surface area contributed by atoms with Crippen LogP contribution >= 0.6 is 0 Å². The van der Waals surface area contributed by atoms with Gasteiger partial charge in [-0.05, 0) is 25.2 Å². The molecule has 0 bridgehead atoms. The van der Waals surface area contributed by atoms with Gasteiger partial charge in [0.05, 0.1) is 5.92 Å². The van der Waals surface area contributed by atoms with Gasteiger partial charge in [-0.1, -0.05) is 12.8 Å². The molecule has 0 aliphatic carbocycles. The van der Waals surface area contributed by atoms with Gasteiger partial charge in [0.2, 0.25) is 11.8 Å². The van der Waals surface area contributed by atoms with Crippen molar-refractivity contribution in [2.24, 2.45) is 17.6 Å². The number of likely N-dealkylation sites (tertiary alicyclic amines) is 1. The molecule has 0 aromatic heterocycles. The lowest BCUT2D eigenvalue weighted by atomic mass is 9.91. The molecule has 0 aromatic rings. The number of piperidine rings is 1. The van der Waals surface area contributed by atoms with Crippen molar-refractivity contribution >= 4 is 17.8 Å². The van der Waals surface area contributed by atoms with Crippen molar-refractivity contribution in [3.63, 3.8) is 0 Å². The molecule has 7 heteroatoms. The van der Waals surface area contributed by atoms with Crippen molar-refractivity contribution < 1.29 is 14.4 Å². The average molecular weight is 310 g/mol. The fourth-order valence-corrected chi connectivity index (χ4v) is 3.25. The topological polar surface area (TPSA) is 105 Å². The SMILES string of the molecule is NC(=O)NCCCCC1CCN(C(=O)C2CNC(=O)C2)CC1. The first-order valence-electron chi connectivity index (χ1n) is 8.15. The van der Waals surface area contributed by atoms with Crippen LogP contribution in [0, 0.1) is 11.8 Å². The highest BCUT2D eigenvalue weighted by atomic mass is 16.2. The van der Waals surface area contributed by atoms with E-state index < -0.39 is 6.03 Å². The van der Waals surface area contributed by atoms with Crippen molar-refractivity contribution in [2.45, 2.75) is 38.5 Å². The Morgan fingerprint density at radius 3 is 2.59 bits per heavy atom. The highest BCUT2D eigenvalue weighted by Crippen LogP contribution is 2.24. The zero-order valence-corrected chi connectivity index (χ0v) is 13.0. The minimum Gasteiger partial charge on any atom is -0.355 e. The molecule has 0 aromatic carbocycles. The Morgan fingerprint density at radius 1 is 1.27 bits per heavy atom. The first-order chi connectivity index (χ1) is 10.6. The van der Waals surface area contributed by atoms with Gasteiger partial charge in [-0.2, -0.15) is 0 Å². The molecule has 2 aliphatic heterocycles. The van der Waals surface area contributed by atoms with Gasteiger partial charge in [0.1, 0.15) is 0 Å². The first-order valence-corrected chi connectivity index (χ1v) is 8.15. The van der Waals surface area contributed by atoms with E-state index in [-0.39, 0.29) is 17.7 Å². The Balaban J connectivity index is 1.60. The van der Waals surface area contributed by atoms with Crippen molar-refractivity contribution in [1.29, 1.82) is 0 Å². The van der Waals surface area contributed by atoms with Gasteiger partial charge in [0.15, 0.2) is 0 Å². The predicted molar refractivity (Wildman–Crippen MR) is 81.9 cm³/mol. The molecule has 0 radical (unpaired) electrons. The van der Waals surface area contributed by atoms with E-state index in [0.29, 0.717) is 25.4 Å². The quantitative estimate of drug-likeness (QED) is 0.610. The number of carbonyl (C=O) groups is 3. The number of hydrogen-bond acceptors (Lipinski definition) is 3. The maximum absolute atomic E-state index is 12.3. The summed E-state index contributed by atoms with van der Waals surface area (Å²) >= 11 is 0. The summed E-state index contributed by atoms with van der Waals surface area (Å²) in [5, 5.41) is 5.31. The van der Waals surface area contributed by atoms with Crippen LogP contribution in [0.15, 0.2) is 0 Å². The molecule has 4 N–H and O–H groups in total. The number of nitrogens with one attached hydrogen (secondary N) is 2. The van der Waals surface area contributed by atoms with Crippen molar-refractivity contribution in [3.8, 4) is 0 Å². The molecular weight excluding hydrogens is 284 g/mol. The summed E-state index contributed by atoms with van der Waals surface area (Å²) in [5.41, 5.74) is 5.01. The zero-order valence-electron chi connectivity index (χ0n) is 13.0. The van der Waals surface area contributed by atoms with E-state index >= 15 is 0 Å². The molecule has 2 fully saturated rings. The third-order valence-electron chi connectivity index (χ3n) is 4.59. The van der Waals surface area contributed by atoms with Gasteiger partial charge in [-0.15, -0.1) is 0 Å². The predicted octanol–water partition coefficient (Wildman–Crippen LogP) is 0.200. The van der Waals surface area contributed by atoms with Crippen LogP contribution < -0.4 is 16.4 Å². The zero-order chi connectivity index (χ0) is 15.9. The molecule has 124 valence electrons. The van der Waals surface area contributed by atoms with Crippen LogP contribution in [0.4, 0.5) is 4.79 Å². The average Bonchev–Trinajstić information content (AvgIpc) is 2.93. The van der Waals surface area contributed by atoms with Gasteiger partial charge < -0.3 is 21.3 Å². The maximum Gasteiger partial charge on any atom is 0.312 e. The summed E-state index contributed by atoms with van der Waals surface area (Å²) < 4.78 is 0. The van der Waals surface area contributed by atoms with Crippen LogP contribution in [-0.4, -0.2) is 48.9 Å². The molecule has 2 aliphatic rings. The first kappa shape index (κ1) is 16.6. The van der Waals surface area contributed by atoms with Crippen molar-refractivity contribution in [3.05, 3.63) is 0 Å². The van der Waals surface area contributed by atoms with Crippen LogP contribution in [-0.2, 0) is 9.59 Å². The lowest BCUT2D eigenvalue weighted by Crippen LogP contribution is -2.42. The number of nitrogens with zero attached hydrogens (tertiary/aromatic N) is 1. The number of nitrogens with two attached hydrogens (primary N) is 1. The van der Waals surface area contributed by atoms with E-state index in [1.165, 1.54) is 0 Å². The monoisotopic (exact) mass is 310 g/mol. The van der Waals surface area contributed by atoms with E-state index in [2.05, 4.69) is 10.6 Å². The molecule has 7 nitrogen and oxygen atoms in total. The molecule has 2 heterocycles. The number of urea groups is 1. The number of amides is 4. The Bertz CT molecular complexity index is 419. The minimum absolute atomic E-state index is 0.0159. The molecular formula is C15H26N4O3. The smallest absolute Gasteiger partial charge is 0.312 e. The van der Waals surface area contributed by atoms with E-state index in [1.54, 1.807) is 0 Å². The Morgan fingerprint density at radius 2 is 2.00 bits per heavy atom. The largest absolute Gasteiger partial charge is 0.355 e. The van der Waals surface area contributed by atoms with Crippen molar-refractivity contribution in [2.75, 3.05) is 26.2 Å². The summed E-state index contributed by atoms with van der Waals surface area (Å²) in [5.74, 6) is 0.602. The van der Waals surface area contributed by atoms with Crippen LogP contribution in [0.3, 0.4) is 0 Å². The van der Waals surface area contributed by atoms with Gasteiger partial charge >= 0.3 is 6.03 Å². The van der Waals surface area contributed by atoms with E-state index in [0.717, 1.165) is 45.2 Å². The Labute approximate surface area is 131 Å². The summed E-state index contributed by atoms with van der Waals surface area (Å²) in [6.07, 6.45) is 5.54. The summed E-state index contributed by atoms with van der Waals surface area (Å²) in [6, 6.07) is -0.466.